The molecular weight excluding hydrogens is 210 g/mol. The normalized spacial score (nSPS) is 12.4. The lowest BCUT2D eigenvalue weighted by Crippen LogP contribution is -2.21. The van der Waals surface area contributed by atoms with Crippen LogP contribution >= 0.6 is 0 Å². The Hall–Kier alpha value is -1.66. The Labute approximate surface area is 93.0 Å². The molecule has 16 heavy (non-hydrogen) atoms. The summed E-state index contributed by atoms with van der Waals surface area (Å²) < 4.78 is 0. The minimum absolute atomic E-state index is 0.123. The summed E-state index contributed by atoms with van der Waals surface area (Å²) in [5.74, 6) is -0.389. The second-order valence-corrected chi connectivity index (χ2v) is 3.51. The molecule has 0 saturated heterocycles. The second kappa shape index (κ2) is 4.91. The van der Waals surface area contributed by atoms with Crippen LogP contribution in [0.25, 0.3) is 0 Å². The van der Waals surface area contributed by atoms with Crippen molar-refractivity contribution in [1.29, 1.82) is 0 Å². The standard InChI is InChI=1S/C10H15N3O3/c1-2-6-3-7(8(12)5-11)10(14)9(4-6)13(15)16/h3-4,8,14H,2,5,11-12H2,1H3/t8-/m1/s1. The molecule has 1 aromatic carbocycles. The number of aryl methyl sites for hydroxylation is 1. The molecule has 1 rings (SSSR count). The lowest BCUT2D eigenvalue weighted by atomic mass is 10.0. The van der Waals surface area contributed by atoms with E-state index in [1.807, 2.05) is 6.92 Å². The highest BCUT2D eigenvalue weighted by molar-refractivity contribution is 5.54. The van der Waals surface area contributed by atoms with Gasteiger partial charge in [-0.2, -0.15) is 0 Å². The van der Waals surface area contributed by atoms with Gasteiger partial charge in [0.05, 0.1) is 4.92 Å². The molecule has 0 fully saturated rings. The van der Waals surface area contributed by atoms with E-state index in [0.717, 1.165) is 5.56 Å². The summed E-state index contributed by atoms with van der Waals surface area (Å²) in [6.45, 7) is 1.99. The maximum Gasteiger partial charge on any atom is 0.311 e. The molecule has 0 amide bonds. The molecule has 0 aliphatic rings. The topological polar surface area (TPSA) is 115 Å². The molecule has 0 aliphatic heterocycles. The van der Waals surface area contributed by atoms with Crippen molar-refractivity contribution in [1.82, 2.24) is 0 Å². The van der Waals surface area contributed by atoms with Crippen LogP contribution in [0, 0.1) is 10.1 Å². The zero-order valence-electron chi connectivity index (χ0n) is 9.01. The van der Waals surface area contributed by atoms with Gasteiger partial charge in [-0.3, -0.25) is 10.1 Å². The van der Waals surface area contributed by atoms with Crippen LogP contribution in [-0.4, -0.2) is 16.6 Å². The van der Waals surface area contributed by atoms with Gasteiger partial charge >= 0.3 is 5.69 Å². The fourth-order valence-corrected chi connectivity index (χ4v) is 1.45. The Morgan fingerprint density at radius 3 is 2.62 bits per heavy atom. The van der Waals surface area contributed by atoms with Crippen LogP contribution in [0.4, 0.5) is 5.69 Å². The van der Waals surface area contributed by atoms with Crippen molar-refractivity contribution in [3.8, 4) is 5.75 Å². The summed E-state index contributed by atoms with van der Waals surface area (Å²) in [5.41, 5.74) is 11.8. The van der Waals surface area contributed by atoms with E-state index in [1.165, 1.54) is 6.07 Å². The maximum atomic E-state index is 10.7. The van der Waals surface area contributed by atoms with Crippen molar-refractivity contribution in [2.45, 2.75) is 19.4 Å². The fourth-order valence-electron chi connectivity index (χ4n) is 1.45. The van der Waals surface area contributed by atoms with Crippen LogP contribution in [0.2, 0.25) is 0 Å². The molecule has 6 nitrogen and oxygen atoms in total. The number of nitrogens with two attached hydrogens (primary N) is 2. The molecule has 5 N–H and O–H groups in total. The largest absolute Gasteiger partial charge is 0.502 e. The Balaban J connectivity index is 3.37. The van der Waals surface area contributed by atoms with Crippen LogP contribution in [0.3, 0.4) is 0 Å². The Morgan fingerprint density at radius 1 is 1.56 bits per heavy atom. The number of rotatable bonds is 4. The van der Waals surface area contributed by atoms with E-state index in [-0.39, 0.29) is 18.0 Å². The van der Waals surface area contributed by atoms with Gasteiger partial charge in [-0.15, -0.1) is 0 Å². The van der Waals surface area contributed by atoms with Crippen molar-refractivity contribution < 1.29 is 10.0 Å². The number of phenols is 1. The summed E-state index contributed by atoms with van der Waals surface area (Å²) in [6, 6.07) is 2.41. The van der Waals surface area contributed by atoms with E-state index in [9.17, 15) is 15.2 Å². The molecule has 0 unspecified atom stereocenters. The van der Waals surface area contributed by atoms with Gasteiger partial charge < -0.3 is 16.6 Å². The molecule has 1 atom stereocenters. The summed E-state index contributed by atoms with van der Waals surface area (Å²) in [5, 5.41) is 20.4. The van der Waals surface area contributed by atoms with Gasteiger partial charge in [-0.1, -0.05) is 6.92 Å². The van der Waals surface area contributed by atoms with Crippen LogP contribution in [0.1, 0.15) is 24.1 Å². The maximum absolute atomic E-state index is 10.7. The zero-order chi connectivity index (χ0) is 12.3. The van der Waals surface area contributed by atoms with Crippen molar-refractivity contribution in [2.24, 2.45) is 11.5 Å². The quantitative estimate of drug-likeness (QED) is 0.518. The fraction of sp³-hybridized carbons (Fsp3) is 0.400. The minimum atomic E-state index is -0.624. The molecular formula is C10H15N3O3. The Morgan fingerprint density at radius 2 is 2.19 bits per heavy atom. The first-order valence-corrected chi connectivity index (χ1v) is 4.97. The third kappa shape index (κ3) is 2.29. The average molecular weight is 225 g/mol. The van der Waals surface area contributed by atoms with E-state index >= 15 is 0 Å². The van der Waals surface area contributed by atoms with Crippen molar-refractivity contribution in [3.63, 3.8) is 0 Å². The van der Waals surface area contributed by atoms with E-state index in [0.29, 0.717) is 12.0 Å². The van der Waals surface area contributed by atoms with Crippen LogP contribution in [-0.2, 0) is 6.42 Å². The van der Waals surface area contributed by atoms with E-state index in [1.54, 1.807) is 6.07 Å². The monoisotopic (exact) mass is 225 g/mol. The first-order valence-electron chi connectivity index (χ1n) is 4.97. The Bertz CT molecular complexity index is 407. The highest BCUT2D eigenvalue weighted by atomic mass is 16.6. The molecule has 1 aromatic rings. The predicted molar refractivity (Wildman–Crippen MR) is 60.1 cm³/mol. The average Bonchev–Trinajstić information content (AvgIpc) is 2.28. The number of phenolic OH excluding ortho intramolecular Hbond substituents is 1. The summed E-state index contributed by atoms with van der Waals surface area (Å²) in [6.07, 6.45) is 0.630. The number of benzene rings is 1. The molecule has 0 spiro atoms. The molecule has 88 valence electrons. The van der Waals surface area contributed by atoms with Crippen molar-refractivity contribution in [2.75, 3.05) is 6.54 Å². The van der Waals surface area contributed by atoms with Crippen LogP contribution in [0.5, 0.6) is 5.75 Å². The zero-order valence-corrected chi connectivity index (χ0v) is 9.01. The summed E-state index contributed by atoms with van der Waals surface area (Å²) in [4.78, 5) is 10.1. The molecule has 0 bridgehead atoms. The number of hydrogen-bond donors (Lipinski definition) is 3. The van der Waals surface area contributed by atoms with Gasteiger partial charge in [0, 0.05) is 24.2 Å². The van der Waals surface area contributed by atoms with Crippen molar-refractivity contribution >= 4 is 5.69 Å². The first kappa shape index (κ1) is 12.4. The highest BCUT2D eigenvalue weighted by Gasteiger charge is 2.21. The number of nitro groups is 1. The molecule has 0 aliphatic carbocycles. The summed E-state index contributed by atoms with van der Waals surface area (Å²) >= 11 is 0. The number of nitro benzene ring substituents is 1. The predicted octanol–water partition coefficient (Wildman–Crippen LogP) is 0.821. The van der Waals surface area contributed by atoms with Gasteiger partial charge in [-0.05, 0) is 18.1 Å². The van der Waals surface area contributed by atoms with Crippen molar-refractivity contribution in [3.05, 3.63) is 33.4 Å². The SMILES string of the molecule is CCc1cc([C@H](N)CN)c(O)c([N+](=O)[O-])c1. The van der Waals surface area contributed by atoms with E-state index in [4.69, 9.17) is 11.5 Å². The van der Waals surface area contributed by atoms with Crippen LogP contribution in [0.15, 0.2) is 12.1 Å². The number of aromatic hydroxyl groups is 1. The first-order chi connectivity index (χ1) is 7.51. The van der Waals surface area contributed by atoms with Gasteiger partial charge in [0.25, 0.3) is 0 Å². The van der Waals surface area contributed by atoms with E-state index < -0.39 is 11.0 Å². The third-order valence-corrected chi connectivity index (χ3v) is 2.44. The Kier molecular flexibility index (Phi) is 3.81. The van der Waals surface area contributed by atoms with Gasteiger partial charge in [0.2, 0.25) is 0 Å². The molecule has 0 saturated carbocycles. The lowest BCUT2D eigenvalue weighted by molar-refractivity contribution is -0.386. The van der Waals surface area contributed by atoms with Gasteiger partial charge in [-0.25, -0.2) is 0 Å². The molecule has 0 aromatic heterocycles. The molecule has 0 heterocycles. The van der Waals surface area contributed by atoms with E-state index in [2.05, 4.69) is 0 Å². The molecule has 6 heteroatoms. The minimum Gasteiger partial charge on any atom is -0.502 e. The number of nitrogens with zero attached hydrogens (tertiary/aromatic N) is 1. The number of hydrogen-bond acceptors (Lipinski definition) is 5. The highest BCUT2D eigenvalue weighted by Crippen LogP contribution is 2.34. The van der Waals surface area contributed by atoms with Gasteiger partial charge in [0.15, 0.2) is 5.75 Å². The smallest absolute Gasteiger partial charge is 0.311 e. The van der Waals surface area contributed by atoms with Gasteiger partial charge in [0.1, 0.15) is 0 Å². The van der Waals surface area contributed by atoms with Crippen LogP contribution < -0.4 is 11.5 Å². The molecule has 0 radical (unpaired) electrons. The third-order valence-electron chi connectivity index (χ3n) is 2.44. The summed E-state index contributed by atoms with van der Waals surface area (Å²) in [7, 11) is 0. The second-order valence-electron chi connectivity index (χ2n) is 3.51. The lowest BCUT2D eigenvalue weighted by Gasteiger charge is -2.12.